The van der Waals surface area contributed by atoms with Crippen LogP contribution in [0.5, 0.6) is 0 Å². The van der Waals surface area contributed by atoms with E-state index in [9.17, 15) is 26.4 Å². The molecule has 34 heavy (non-hydrogen) atoms. The quantitative estimate of drug-likeness (QED) is 0.349. The maximum Gasteiger partial charge on any atom is 0.516 e. The van der Waals surface area contributed by atoms with E-state index in [0.717, 1.165) is 35.1 Å². The Kier molecular flexibility index (Phi) is 8.12. The second kappa shape index (κ2) is 10.7. The van der Waals surface area contributed by atoms with E-state index in [0.29, 0.717) is 15.7 Å². The van der Waals surface area contributed by atoms with Crippen molar-refractivity contribution in [2.24, 2.45) is 0 Å². The number of hydrogen-bond acceptors (Lipinski definition) is 4. The first-order chi connectivity index (χ1) is 16.0. The second-order valence-electron chi connectivity index (χ2n) is 7.35. The first-order valence-electron chi connectivity index (χ1n) is 9.98. The van der Waals surface area contributed by atoms with E-state index in [4.69, 9.17) is 23.2 Å². The molecule has 0 atom stereocenters. The van der Waals surface area contributed by atoms with Crippen molar-refractivity contribution in [3.05, 3.63) is 93.5 Å². The molecule has 0 saturated heterocycles. The first kappa shape index (κ1) is 25.9. The molecule has 0 fully saturated rings. The zero-order valence-corrected chi connectivity index (χ0v) is 19.8. The Hall–Kier alpha value is -2.75. The molecule has 0 spiro atoms. The third kappa shape index (κ3) is 6.65. The number of alkyl halides is 3. The van der Waals surface area contributed by atoms with Crippen LogP contribution in [0.1, 0.15) is 27.9 Å². The van der Waals surface area contributed by atoms with Crippen LogP contribution in [0.2, 0.25) is 10.0 Å². The first-order valence-corrected chi connectivity index (χ1v) is 12.2. The average molecular weight is 531 g/mol. The standard InChI is InChI=1S/C23H19Cl2F3N2O3S/c24-19-13-10-16(14-20(19)25)5-3-4-15-8-11-17(12-9-15)29-21-7-2-1-6-18(21)22(31)30-34(32,33)23(26,27)28/h1-2,6-14,29H,3-5H2,(H,30,31). The van der Waals surface area contributed by atoms with Gasteiger partial charge in [0.05, 0.1) is 21.3 Å². The van der Waals surface area contributed by atoms with Crippen molar-refractivity contribution in [2.75, 3.05) is 5.32 Å². The number of carbonyl (C=O) groups excluding carboxylic acids is 1. The van der Waals surface area contributed by atoms with E-state index < -0.39 is 21.4 Å². The van der Waals surface area contributed by atoms with Gasteiger partial charge in [-0.3, -0.25) is 4.79 Å². The molecule has 0 aromatic heterocycles. The van der Waals surface area contributed by atoms with Crippen LogP contribution in [0.3, 0.4) is 0 Å². The lowest BCUT2D eigenvalue weighted by atomic mass is 10.0. The normalized spacial score (nSPS) is 11.8. The molecule has 0 aliphatic carbocycles. The molecule has 2 N–H and O–H groups in total. The highest BCUT2D eigenvalue weighted by Crippen LogP contribution is 2.26. The summed E-state index contributed by atoms with van der Waals surface area (Å²) < 4.78 is 61.3. The molecule has 0 saturated carbocycles. The van der Waals surface area contributed by atoms with Gasteiger partial charge < -0.3 is 5.32 Å². The molecule has 3 aromatic rings. The Morgan fingerprint density at radius 3 is 2.12 bits per heavy atom. The van der Waals surface area contributed by atoms with Crippen molar-refractivity contribution in [2.45, 2.75) is 24.8 Å². The highest BCUT2D eigenvalue weighted by molar-refractivity contribution is 7.90. The molecule has 0 bridgehead atoms. The smallest absolute Gasteiger partial charge is 0.355 e. The number of rotatable bonds is 8. The molecule has 3 rings (SSSR count). The van der Waals surface area contributed by atoms with E-state index in [2.05, 4.69) is 5.32 Å². The van der Waals surface area contributed by atoms with Crippen LogP contribution in [0.25, 0.3) is 0 Å². The molecule has 0 radical (unpaired) electrons. The lowest BCUT2D eigenvalue weighted by molar-refractivity contribution is -0.0446. The molecule has 0 aliphatic rings. The summed E-state index contributed by atoms with van der Waals surface area (Å²) in [7, 11) is -5.82. The molecule has 0 unspecified atom stereocenters. The van der Waals surface area contributed by atoms with Gasteiger partial charge in [-0.05, 0) is 66.8 Å². The minimum absolute atomic E-state index is 0.157. The SMILES string of the molecule is O=C(NS(=O)(=O)C(F)(F)F)c1ccccc1Nc1ccc(CCCc2ccc(Cl)c(Cl)c2)cc1. The fourth-order valence-corrected chi connectivity index (χ4v) is 3.92. The summed E-state index contributed by atoms with van der Waals surface area (Å²) in [6.45, 7) is 0. The highest BCUT2D eigenvalue weighted by Gasteiger charge is 2.47. The van der Waals surface area contributed by atoms with Gasteiger partial charge in [-0.15, -0.1) is 0 Å². The van der Waals surface area contributed by atoms with Crippen molar-refractivity contribution in [1.29, 1.82) is 0 Å². The number of carbonyl (C=O) groups is 1. The summed E-state index contributed by atoms with van der Waals surface area (Å²) in [5.74, 6) is -1.39. The second-order valence-corrected chi connectivity index (χ2v) is 9.84. The minimum atomic E-state index is -5.82. The number of amides is 1. The van der Waals surface area contributed by atoms with Gasteiger partial charge in [0.2, 0.25) is 0 Å². The minimum Gasteiger partial charge on any atom is -0.355 e. The van der Waals surface area contributed by atoms with Gasteiger partial charge >= 0.3 is 15.5 Å². The summed E-state index contributed by atoms with van der Waals surface area (Å²) in [5, 5.41) is 3.96. The third-order valence-electron chi connectivity index (χ3n) is 4.85. The Labute approximate surface area is 204 Å². The Morgan fingerprint density at radius 1 is 0.853 bits per heavy atom. The van der Waals surface area contributed by atoms with Gasteiger partial charge in [0.25, 0.3) is 5.91 Å². The predicted molar refractivity (Wildman–Crippen MR) is 127 cm³/mol. The largest absolute Gasteiger partial charge is 0.516 e. The van der Waals surface area contributed by atoms with E-state index in [1.165, 1.54) is 18.2 Å². The van der Waals surface area contributed by atoms with Gasteiger partial charge in [-0.1, -0.05) is 53.5 Å². The van der Waals surface area contributed by atoms with E-state index in [-0.39, 0.29) is 11.3 Å². The zero-order valence-electron chi connectivity index (χ0n) is 17.5. The molecular formula is C23H19Cl2F3N2O3S. The van der Waals surface area contributed by atoms with E-state index in [1.54, 1.807) is 24.3 Å². The van der Waals surface area contributed by atoms with Crippen molar-refractivity contribution < 1.29 is 26.4 Å². The van der Waals surface area contributed by atoms with Crippen LogP contribution < -0.4 is 10.0 Å². The van der Waals surface area contributed by atoms with Crippen LogP contribution in [-0.4, -0.2) is 19.8 Å². The number of anilines is 2. The van der Waals surface area contributed by atoms with Crippen LogP contribution in [-0.2, 0) is 22.9 Å². The molecule has 3 aromatic carbocycles. The Bertz CT molecular complexity index is 1280. The number of aryl methyl sites for hydroxylation is 2. The molecule has 0 heterocycles. The van der Waals surface area contributed by atoms with Gasteiger partial charge in [-0.25, -0.2) is 4.72 Å². The van der Waals surface area contributed by atoms with Gasteiger partial charge in [0, 0.05) is 5.69 Å². The number of sulfonamides is 1. The molecule has 5 nitrogen and oxygen atoms in total. The Morgan fingerprint density at radius 2 is 1.47 bits per heavy atom. The maximum absolute atomic E-state index is 12.6. The number of hydrogen-bond donors (Lipinski definition) is 2. The summed E-state index contributed by atoms with van der Waals surface area (Å²) in [6, 6.07) is 18.5. The summed E-state index contributed by atoms with van der Waals surface area (Å²) in [4.78, 5) is 12.2. The van der Waals surface area contributed by atoms with Crippen molar-refractivity contribution in [3.8, 4) is 0 Å². The van der Waals surface area contributed by atoms with Crippen LogP contribution >= 0.6 is 23.2 Å². The Balaban J connectivity index is 1.63. The maximum atomic E-state index is 12.6. The molecule has 180 valence electrons. The summed E-state index contributed by atoms with van der Waals surface area (Å²) in [5.41, 5.74) is -2.97. The number of para-hydroxylation sites is 1. The van der Waals surface area contributed by atoms with Gasteiger partial charge in [0.15, 0.2) is 0 Å². The number of halogens is 5. The fourth-order valence-electron chi connectivity index (χ4n) is 3.13. The topological polar surface area (TPSA) is 75.3 Å². The van der Waals surface area contributed by atoms with Gasteiger partial charge in [0.1, 0.15) is 0 Å². The van der Waals surface area contributed by atoms with Crippen LogP contribution in [0.15, 0.2) is 66.7 Å². The predicted octanol–water partition coefficient (Wildman–Crippen LogP) is 6.49. The van der Waals surface area contributed by atoms with Crippen LogP contribution in [0.4, 0.5) is 24.5 Å². The van der Waals surface area contributed by atoms with E-state index >= 15 is 0 Å². The summed E-state index contributed by atoms with van der Waals surface area (Å²) in [6.07, 6.45) is 2.50. The van der Waals surface area contributed by atoms with E-state index in [1.807, 2.05) is 24.3 Å². The zero-order chi connectivity index (χ0) is 24.9. The highest BCUT2D eigenvalue weighted by atomic mass is 35.5. The van der Waals surface area contributed by atoms with Gasteiger partial charge in [-0.2, -0.15) is 21.6 Å². The fraction of sp³-hybridized carbons (Fsp3) is 0.174. The number of nitrogens with one attached hydrogen (secondary N) is 2. The van der Waals surface area contributed by atoms with Crippen LogP contribution in [0, 0.1) is 0 Å². The lowest BCUT2D eigenvalue weighted by Gasteiger charge is -2.14. The summed E-state index contributed by atoms with van der Waals surface area (Å²) >= 11 is 12.0. The molecule has 11 heteroatoms. The molecule has 1 amide bonds. The van der Waals surface area contributed by atoms with Crippen molar-refractivity contribution in [1.82, 2.24) is 4.72 Å². The van der Waals surface area contributed by atoms with Crippen molar-refractivity contribution in [3.63, 3.8) is 0 Å². The number of benzene rings is 3. The monoisotopic (exact) mass is 530 g/mol. The molecule has 0 aliphatic heterocycles. The molecular weight excluding hydrogens is 512 g/mol. The third-order valence-corrected chi connectivity index (χ3v) is 6.65. The van der Waals surface area contributed by atoms with Crippen molar-refractivity contribution >= 4 is 50.5 Å². The average Bonchev–Trinajstić information content (AvgIpc) is 2.77. The lowest BCUT2D eigenvalue weighted by Crippen LogP contribution is -2.40.